The van der Waals surface area contributed by atoms with Gasteiger partial charge in [-0.3, -0.25) is 14.9 Å². The Bertz CT molecular complexity index is 1020. The van der Waals surface area contributed by atoms with Crippen molar-refractivity contribution in [2.45, 2.75) is 6.42 Å². The van der Waals surface area contributed by atoms with Crippen molar-refractivity contribution in [2.75, 3.05) is 5.32 Å². The molecule has 0 spiro atoms. The van der Waals surface area contributed by atoms with Crippen LogP contribution in [0.4, 0.5) is 5.13 Å². The molecule has 10 heteroatoms. The van der Waals surface area contributed by atoms with E-state index >= 15 is 0 Å². The highest BCUT2D eigenvalue weighted by Gasteiger charge is 2.12. The van der Waals surface area contributed by atoms with Gasteiger partial charge in [0.15, 0.2) is 0 Å². The molecule has 0 bridgehead atoms. The number of carbonyl (C=O) groups is 2. The van der Waals surface area contributed by atoms with Crippen molar-refractivity contribution in [1.82, 2.24) is 15.6 Å². The summed E-state index contributed by atoms with van der Waals surface area (Å²) in [5.74, 6) is -0.655. The van der Waals surface area contributed by atoms with Crippen molar-refractivity contribution in [2.24, 2.45) is 5.10 Å². The van der Waals surface area contributed by atoms with Crippen molar-refractivity contribution >= 4 is 50.4 Å². The average Bonchev–Trinajstić information content (AvgIpc) is 3.12. The molecule has 3 rings (SSSR count). The molecule has 0 aliphatic carbocycles. The summed E-state index contributed by atoms with van der Waals surface area (Å²) in [6, 6.07) is 13.6. The van der Waals surface area contributed by atoms with Gasteiger partial charge in [0.1, 0.15) is 10.8 Å². The van der Waals surface area contributed by atoms with E-state index in [1.165, 1.54) is 12.3 Å². The molecule has 0 atom stereocenters. The first-order valence-corrected chi connectivity index (χ1v) is 9.61. The molecule has 0 aliphatic heterocycles. The number of rotatable bonds is 6. The summed E-state index contributed by atoms with van der Waals surface area (Å²) >= 11 is 4.40. The fraction of sp³-hybridized carbons (Fsp3) is 0.0556. The van der Waals surface area contributed by atoms with Crippen LogP contribution < -0.4 is 10.7 Å². The first-order valence-electron chi connectivity index (χ1n) is 8.00. The number of halogens is 1. The molecular weight excluding hydrogens is 446 g/mol. The molecule has 3 aromatic rings. The lowest BCUT2D eigenvalue weighted by atomic mass is 10.2. The molecule has 3 N–H and O–H groups in total. The number of carbonyl (C=O) groups excluding carboxylic acids is 2. The normalized spacial score (nSPS) is 10.8. The van der Waals surface area contributed by atoms with Crippen molar-refractivity contribution in [3.63, 3.8) is 0 Å². The number of nitrogens with one attached hydrogen (secondary N) is 2. The Kier molecular flexibility index (Phi) is 6.45. The maximum Gasteiger partial charge on any atom is 0.257 e. The zero-order valence-corrected chi connectivity index (χ0v) is 16.7. The van der Waals surface area contributed by atoms with Gasteiger partial charge in [0.05, 0.1) is 12.6 Å². The topological polar surface area (TPSA) is 117 Å². The molecule has 1 heterocycles. The van der Waals surface area contributed by atoms with Gasteiger partial charge in [-0.25, -0.2) is 5.43 Å². The third kappa shape index (κ3) is 5.44. The maximum absolute atomic E-state index is 12.1. The van der Waals surface area contributed by atoms with Crippen molar-refractivity contribution in [3.8, 4) is 5.75 Å². The van der Waals surface area contributed by atoms with Crippen LogP contribution in [0, 0.1) is 0 Å². The highest BCUT2D eigenvalue weighted by atomic mass is 79.9. The van der Waals surface area contributed by atoms with Crippen LogP contribution in [0.2, 0.25) is 0 Å². The minimum atomic E-state index is -0.400. The van der Waals surface area contributed by atoms with E-state index in [1.807, 2.05) is 6.07 Å². The van der Waals surface area contributed by atoms with Gasteiger partial charge in [0.25, 0.3) is 5.91 Å². The molecule has 28 heavy (non-hydrogen) atoms. The van der Waals surface area contributed by atoms with E-state index in [0.29, 0.717) is 21.3 Å². The van der Waals surface area contributed by atoms with Crippen LogP contribution in [0.3, 0.4) is 0 Å². The Hall–Kier alpha value is -3.11. The van der Waals surface area contributed by atoms with E-state index in [-0.39, 0.29) is 18.1 Å². The monoisotopic (exact) mass is 459 g/mol. The summed E-state index contributed by atoms with van der Waals surface area (Å²) in [6.07, 6.45) is 1.30. The van der Waals surface area contributed by atoms with Crippen molar-refractivity contribution < 1.29 is 14.7 Å². The van der Waals surface area contributed by atoms with E-state index in [9.17, 15) is 14.7 Å². The first-order chi connectivity index (χ1) is 13.5. The van der Waals surface area contributed by atoms with E-state index in [1.54, 1.807) is 36.4 Å². The van der Waals surface area contributed by atoms with E-state index in [2.05, 4.69) is 42.0 Å². The van der Waals surface area contributed by atoms with Crippen LogP contribution in [-0.4, -0.2) is 33.3 Å². The smallest absolute Gasteiger partial charge is 0.257 e. The van der Waals surface area contributed by atoms with Crippen molar-refractivity contribution in [3.05, 3.63) is 69.1 Å². The number of aromatic nitrogens is 2. The molecule has 2 amide bonds. The van der Waals surface area contributed by atoms with Crippen molar-refractivity contribution in [1.29, 1.82) is 0 Å². The Morgan fingerprint density at radius 1 is 1.18 bits per heavy atom. The standard InChI is InChI=1S/C18H14BrN5O3S/c19-13-6-7-14(25)12(8-13)10-20-22-15(26)9-16-23-24-18(28-16)21-17(27)11-4-2-1-3-5-11/h1-8,10,25H,9H2,(H,22,26)(H,21,24,27)/b20-10-. The zero-order chi connectivity index (χ0) is 19.9. The molecule has 142 valence electrons. The summed E-state index contributed by atoms with van der Waals surface area (Å²) in [5.41, 5.74) is 3.31. The van der Waals surface area contributed by atoms with Gasteiger partial charge in [-0.2, -0.15) is 5.10 Å². The number of anilines is 1. The second-order valence-corrected chi connectivity index (χ2v) is 7.47. The number of benzene rings is 2. The zero-order valence-electron chi connectivity index (χ0n) is 14.3. The van der Waals surface area contributed by atoms with Gasteiger partial charge in [-0.15, -0.1) is 10.2 Å². The molecule has 0 aliphatic rings. The van der Waals surface area contributed by atoms with Crippen LogP contribution in [0.15, 0.2) is 58.1 Å². The number of hydrogen-bond donors (Lipinski definition) is 3. The Morgan fingerprint density at radius 3 is 2.75 bits per heavy atom. The molecule has 2 aromatic carbocycles. The van der Waals surface area contributed by atoms with Crippen LogP contribution in [0.1, 0.15) is 20.9 Å². The lowest BCUT2D eigenvalue weighted by molar-refractivity contribution is -0.120. The summed E-state index contributed by atoms with van der Waals surface area (Å²) < 4.78 is 0.775. The summed E-state index contributed by atoms with van der Waals surface area (Å²) in [7, 11) is 0. The molecule has 0 radical (unpaired) electrons. The molecular formula is C18H14BrN5O3S. The van der Waals surface area contributed by atoms with E-state index in [0.717, 1.165) is 15.8 Å². The number of hydrazone groups is 1. The summed E-state index contributed by atoms with van der Waals surface area (Å²) in [6.45, 7) is 0. The highest BCUT2D eigenvalue weighted by Crippen LogP contribution is 2.20. The molecule has 0 saturated heterocycles. The molecule has 0 unspecified atom stereocenters. The van der Waals surface area contributed by atoms with Gasteiger partial charge in [0.2, 0.25) is 11.0 Å². The Labute approximate surface area is 172 Å². The third-order valence-electron chi connectivity index (χ3n) is 3.42. The SMILES string of the molecule is O=C(Cc1nnc(NC(=O)c2ccccc2)s1)N/N=C\c1cc(Br)ccc1O. The second kappa shape index (κ2) is 9.20. The second-order valence-electron chi connectivity index (χ2n) is 5.49. The van der Waals surface area contributed by atoms with Crippen LogP contribution >= 0.6 is 27.3 Å². The average molecular weight is 460 g/mol. The summed E-state index contributed by atoms with van der Waals surface area (Å²) in [4.78, 5) is 24.0. The highest BCUT2D eigenvalue weighted by molar-refractivity contribution is 9.10. The summed E-state index contributed by atoms with van der Waals surface area (Å²) in [5, 5.41) is 24.7. The molecule has 1 aromatic heterocycles. The number of aromatic hydroxyl groups is 1. The lowest BCUT2D eigenvalue weighted by Gasteiger charge is -2.00. The fourth-order valence-corrected chi connectivity index (χ4v) is 3.23. The number of nitrogens with zero attached hydrogens (tertiary/aromatic N) is 3. The van der Waals surface area contributed by atoms with Crippen LogP contribution in [0.25, 0.3) is 0 Å². The lowest BCUT2D eigenvalue weighted by Crippen LogP contribution is -2.19. The van der Waals surface area contributed by atoms with Gasteiger partial charge < -0.3 is 5.11 Å². The van der Waals surface area contributed by atoms with Gasteiger partial charge in [-0.05, 0) is 30.3 Å². The van der Waals surface area contributed by atoms with Gasteiger partial charge in [-0.1, -0.05) is 45.5 Å². The molecule has 8 nitrogen and oxygen atoms in total. The van der Waals surface area contributed by atoms with E-state index in [4.69, 9.17) is 0 Å². The number of hydrogen-bond acceptors (Lipinski definition) is 7. The third-order valence-corrected chi connectivity index (χ3v) is 4.75. The first kappa shape index (κ1) is 19.6. The predicted octanol–water partition coefficient (Wildman–Crippen LogP) is 2.95. The maximum atomic E-state index is 12.1. The number of phenols is 1. The number of phenolic OH excluding ortho intramolecular Hbond substituents is 1. The van der Waals surface area contributed by atoms with Crippen LogP contribution in [0.5, 0.6) is 5.75 Å². The van der Waals surface area contributed by atoms with Gasteiger partial charge in [0, 0.05) is 15.6 Å². The minimum absolute atomic E-state index is 0.0410. The molecule has 0 fully saturated rings. The van der Waals surface area contributed by atoms with Gasteiger partial charge >= 0.3 is 0 Å². The minimum Gasteiger partial charge on any atom is -0.507 e. The van der Waals surface area contributed by atoms with E-state index < -0.39 is 5.91 Å². The van der Waals surface area contributed by atoms with Crippen LogP contribution in [-0.2, 0) is 11.2 Å². The largest absolute Gasteiger partial charge is 0.507 e. The molecule has 0 saturated carbocycles. The Morgan fingerprint density at radius 2 is 1.96 bits per heavy atom. The predicted molar refractivity (Wildman–Crippen MR) is 110 cm³/mol. The quantitative estimate of drug-likeness (QED) is 0.386. The number of amides is 2. The fourth-order valence-electron chi connectivity index (χ4n) is 2.11. The Balaban J connectivity index is 1.53.